The van der Waals surface area contributed by atoms with E-state index in [0.717, 1.165) is 56.4 Å². The van der Waals surface area contributed by atoms with Crippen molar-refractivity contribution in [3.8, 4) is 0 Å². The third-order valence-corrected chi connectivity index (χ3v) is 5.59. The Kier molecular flexibility index (Phi) is 4.18. The number of carbonyl (C=O) groups excluding carboxylic acids is 1. The van der Waals surface area contributed by atoms with Gasteiger partial charge in [0.05, 0.1) is 18.8 Å². The fourth-order valence-electron chi connectivity index (χ4n) is 3.87. The van der Waals surface area contributed by atoms with E-state index in [1.165, 1.54) is 19.3 Å². The van der Waals surface area contributed by atoms with Gasteiger partial charge < -0.3 is 15.1 Å². The van der Waals surface area contributed by atoms with Gasteiger partial charge in [-0.25, -0.2) is 9.97 Å². The lowest BCUT2D eigenvalue weighted by atomic mass is 10.1. The molecule has 5 rings (SSSR count). The maximum absolute atomic E-state index is 12.3. The average molecular weight is 367 g/mol. The Morgan fingerprint density at radius 3 is 2.52 bits per heavy atom. The molecule has 2 aromatic heterocycles. The molecule has 3 aliphatic rings. The first-order valence-corrected chi connectivity index (χ1v) is 9.96. The standard InChI is InChI=1S/C19H25N7O/c27-19(22-14-4-5-14)16-10-15-12-25(8-9-26(15)23-16)18-11-17(20-13-21-18)24-6-2-1-3-7-24/h10-11,13-14H,1-9,12H2,(H,22,27). The minimum absolute atomic E-state index is 0.0552. The van der Waals surface area contributed by atoms with Crippen LogP contribution in [0.3, 0.4) is 0 Å². The molecule has 0 bridgehead atoms. The molecule has 2 aliphatic heterocycles. The number of nitrogens with zero attached hydrogens (tertiary/aromatic N) is 6. The summed E-state index contributed by atoms with van der Waals surface area (Å²) >= 11 is 0. The van der Waals surface area contributed by atoms with Crippen LogP contribution in [0.1, 0.15) is 48.3 Å². The van der Waals surface area contributed by atoms with Crippen molar-refractivity contribution in [2.75, 3.05) is 29.4 Å². The summed E-state index contributed by atoms with van der Waals surface area (Å²) in [5.41, 5.74) is 1.58. The molecule has 8 nitrogen and oxygen atoms in total. The van der Waals surface area contributed by atoms with Gasteiger partial charge in [-0.3, -0.25) is 9.48 Å². The highest BCUT2D eigenvalue weighted by molar-refractivity contribution is 5.92. The number of anilines is 2. The van der Waals surface area contributed by atoms with E-state index in [0.29, 0.717) is 18.3 Å². The summed E-state index contributed by atoms with van der Waals surface area (Å²) in [6.07, 6.45) is 7.60. The van der Waals surface area contributed by atoms with Crippen LogP contribution in [0, 0.1) is 0 Å². The van der Waals surface area contributed by atoms with Crippen molar-refractivity contribution in [2.24, 2.45) is 0 Å². The molecule has 0 unspecified atom stereocenters. The van der Waals surface area contributed by atoms with Crippen molar-refractivity contribution in [3.63, 3.8) is 0 Å². The monoisotopic (exact) mass is 367 g/mol. The molecule has 4 heterocycles. The minimum atomic E-state index is -0.0552. The quantitative estimate of drug-likeness (QED) is 0.884. The number of piperidine rings is 1. The average Bonchev–Trinajstić information content (AvgIpc) is 3.43. The van der Waals surface area contributed by atoms with E-state index in [-0.39, 0.29) is 5.91 Å². The lowest BCUT2D eigenvalue weighted by Gasteiger charge is -2.31. The van der Waals surface area contributed by atoms with Crippen LogP contribution in [-0.2, 0) is 13.1 Å². The fraction of sp³-hybridized carbons (Fsp3) is 0.579. The summed E-state index contributed by atoms with van der Waals surface area (Å²) in [5, 5.41) is 7.50. The van der Waals surface area contributed by atoms with Gasteiger partial charge in [0.15, 0.2) is 5.69 Å². The molecular weight excluding hydrogens is 342 g/mol. The molecule has 8 heteroatoms. The van der Waals surface area contributed by atoms with Gasteiger partial charge in [0.1, 0.15) is 18.0 Å². The van der Waals surface area contributed by atoms with E-state index >= 15 is 0 Å². The first-order chi connectivity index (χ1) is 13.3. The van der Waals surface area contributed by atoms with Crippen LogP contribution < -0.4 is 15.1 Å². The number of hydrogen-bond donors (Lipinski definition) is 1. The normalized spacial score (nSPS) is 19.7. The van der Waals surface area contributed by atoms with E-state index in [9.17, 15) is 4.79 Å². The predicted octanol–water partition coefficient (Wildman–Crippen LogP) is 1.58. The maximum atomic E-state index is 12.3. The number of nitrogens with one attached hydrogen (secondary N) is 1. The van der Waals surface area contributed by atoms with Gasteiger partial charge in [0.25, 0.3) is 5.91 Å². The van der Waals surface area contributed by atoms with Crippen LogP contribution in [0.25, 0.3) is 0 Å². The van der Waals surface area contributed by atoms with Gasteiger partial charge in [0, 0.05) is 31.7 Å². The van der Waals surface area contributed by atoms with Gasteiger partial charge in [0.2, 0.25) is 0 Å². The zero-order valence-electron chi connectivity index (χ0n) is 15.5. The Labute approximate surface area is 158 Å². The molecule has 0 radical (unpaired) electrons. The number of carbonyl (C=O) groups is 1. The maximum Gasteiger partial charge on any atom is 0.272 e. The van der Waals surface area contributed by atoms with Gasteiger partial charge in [-0.15, -0.1) is 0 Å². The highest BCUT2D eigenvalue weighted by atomic mass is 16.2. The molecule has 1 amide bonds. The molecule has 1 N–H and O–H groups in total. The van der Waals surface area contributed by atoms with E-state index < -0.39 is 0 Å². The van der Waals surface area contributed by atoms with E-state index in [4.69, 9.17) is 0 Å². The second kappa shape index (κ2) is 6.83. The molecule has 2 fully saturated rings. The number of rotatable bonds is 4. The molecule has 1 saturated heterocycles. The Bertz CT molecular complexity index is 838. The molecule has 142 valence electrons. The van der Waals surface area contributed by atoms with E-state index in [1.54, 1.807) is 6.33 Å². The lowest BCUT2D eigenvalue weighted by molar-refractivity contribution is 0.0945. The molecule has 27 heavy (non-hydrogen) atoms. The zero-order valence-corrected chi connectivity index (χ0v) is 15.5. The molecule has 2 aromatic rings. The molecule has 0 spiro atoms. The number of hydrogen-bond acceptors (Lipinski definition) is 6. The third kappa shape index (κ3) is 3.48. The van der Waals surface area contributed by atoms with Crippen molar-refractivity contribution in [1.29, 1.82) is 0 Å². The predicted molar refractivity (Wildman–Crippen MR) is 102 cm³/mol. The zero-order chi connectivity index (χ0) is 18.2. The van der Waals surface area contributed by atoms with Gasteiger partial charge in [-0.05, 0) is 38.2 Å². The summed E-state index contributed by atoms with van der Waals surface area (Å²) in [7, 11) is 0. The largest absolute Gasteiger partial charge is 0.356 e. The van der Waals surface area contributed by atoms with E-state index in [2.05, 4.69) is 36.2 Å². The van der Waals surface area contributed by atoms with Crippen molar-refractivity contribution < 1.29 is 4.79 Å². The molecular formula is C19H25N7O. The van der Waals surface area contributed by atoms with Crippen LogP contribution >= 0.6 is 0 Å². The lowest BCUT2D eigenvalue weighted by Crippen LogP contribution is -2.35. The molecule has 0 atom stereocenters. The van der Waals surface area contributed by atoms with Gasteiger partial charge >= 0.3 is 0 Å². The highest BCUT2D eigenvalue weighted by Crippen LogP contribution is 2.25. The smallest absolute Gasteiger partial charge is 0.272 e. The van der Waals surface area contributed by atoms with Crippen molar-refractivity contribution in [3.05, 3.63) is 29.8 Å². The van der Waals surface area contributed by atoms with Gasteiger partial charge in [-0.2, -0.15) is 5.10 Å². The van der Waals surface area contributed by atoms with Crippen molar-refractivity contribution in [2.45, 2.75) is 51.2 Å². The molecule has 1 saturated carbocycles. The summed E-state index contributed by atoms with van der Waals surface area (Å²) in [6.45, 7) is 4.44. The van der Waals surface area contributed by atoms with Crippen LogP contribution in [0.2, 0.25) is 0 Å². The number of fused-ring (bicyclic) bond motifs is 1. The first-order valence-electron chi connectivity index (χ1n) is 9.96. The third-order valence-electron chi connectivity index (χ3n) is 5.59. The van der Waals surface area contributed by atoms with E-state index in [1.807, 2.05) is 10.7 Å². The summed E-state index contributed by atoms with van der Waals surface area (Å²) < 4.78 is 1.95. The highest BCUT2D eigenvalue weighted by Gasteiger charge is 2.27. The molecule has 1 aliphatic carbocycles. The van der Waals surface area contributed by atoms with Crippen LogP contribution in [0.15, 0.2) is 18.5 Å². The second-order valence-corrected chi connectivity index (χ2v) is 7.70. The second-order valence-electron chi connectivity index (χ2n) is 7.70. The Hall–Kier alpha value is -2.64. The Balaban J connectivity index is 1.31. The summed E-state index contributed by atoms with van der Waals surface area (Å²) in [4.78, 5) is 25.8. The summed E-state index contributed by atoms with van der Waals surface area (Å²) in [6, 6.07) is 4.36. The number of amides is 1. The summed E-state index contributed by atoms with van der Waals surface area (Å²) in [5.74, 6) is 1.91. The van der Waals surface area contributed by atoms with Crippen LogP contribution in [0.5, 0.6) is 0 Å². The number of aromatic nitrogens is 4. The van der Waals surface area contributed by atoms with Gasteiger partial charge in [-0.1, -0.05) is 0 Å². The SMILES string of the molecule is O=C(NC1CC1)c1cc2n(n1)CCN(c1cc(N3CCCCC3)ncn1)C2. The first kappa shape index (κ1) is 16.5. The Morgan fingerprint density at radius 2 is 1.74 bits per heavy atom. The van der Waals surface area contributed by atoms with Crippen LogP contribution in [0.4, 0.5) is 11.6 Å². The fourth-order valence-corrected chi connectivity index (χ4v) is 3.87. The minimum Gasteiger partial charge on any atom is -0.356 e. The van der Waals surface area contributed by atoms with Crippen LogP contribution in [-0.4, -0.2) is 51.3 Å². The molecule has 0 aromatic carbocycles. The Morgan fingerprint density at radius 1 is 0.963 bits per heavy atom. The van der Waals surface area contributed by atoms with Crippen molar-refractivity contribution >= 4 is 17.5 Å². The topological polar surface area (TPSA) is 79.2 Å². The van der Waals surface area contributed by atoms with Crippen molar-refractivity contribution in [1.82, 2.24) is 25.1 Å².